The average Bonchev–Trinajstić information content (AvgIpc) is 3.31. The summed E-state index contributed by atoms with van der Waals surface area (Å²) in [6, 6.07) is 22.8. The lowest BCUT2D eigenvalue weighted by atomic mass is 9.98. The van der Waals surface area contributed by atoms with Crippen LogP contribution in [-0.4, -0.2) is 31.2 Å². The second-order valence-electron chi connectivity index (χ2n) is 13.3. The Kier molecular flexibility index (Phi) is 10.2. The molecular weight excluding hydrogens is 554 g/mol. The van der Waals surface area contributed by atoms with Crippen molar-refractivity contribution in [1.29, 1.82) is 0 Å². The van der Waals surface area contributed by atoms with E-state index in [0.717, 1.165) is 11.5 Å². The van der Waals surface area contributed by atoms with Gasteiger partial charge in [0.1, 0.15) is 0 Å². The second-order valence-corrected chi connectivity index (χ2v) is 24.2. The Morgan fingerprint density at radius 1 is 0.439 bits per heavy atom. The van der Waals surface area contributed by atoms with Crippen molar-refractivity contribution in [3.63, 3.8) is 0 Å². The molecule has 0 spiro atoms. The van der Waals surface area contributed by atoms with E-state index >= 15 is 0 Å². The summed E-state index contributed by atoms with van der Waals surface area (Å²) in [6.07, 6.45) is 0. The lowest BCUT2D eigenvalue weighted by Gasteiger charge is -2.31. The lowest BCUT2D eigenvalue weighted by Crippen LogP contribution is -2.50. The van der Waals surface area contributed by atoms with E-state index in [1.54, 1.807) is 0 Å². The molecule has 222 valence electrons. The third-order valence-corrected chi connectivity index (χ3v) is 19.0. The van der Waals surface area contributed by atoms with E-state index in [2.05, 4.69) is 144 Å². The van der Waals surface area contributed by atoms with Crippen molar-refractivity contribution < 1.29 is 8.85 Å². The smallest absolute Gasteiger partial charge is 0.466 e. The number of hydrogen-bond acceptors (Lipinski definition) is 2. The van der Waals surface area contributed by atoms with Crippen LogP contribution in [0.25, 0.3) is 22.3 Å². The molecule has 0 bridgehead atoms. The largest absolute Gasteiger partial charge is 0.508 e. The highest BCUT2D eigenvalue weighted by Crippen LogP contribution is 2.57. The van der Waals surface area contributed by atoms with Crippen LogP contribution in [0.15, 0.2) is 60.7 Å². The molecular formula is C36H52O2P2Si. The lowest BCUT2D eigenvalue weighted by molar-refractivity contribution is 0.413. The maximum atomic E-state index is 7.25. The van der Waals surface area contributed by atoms with Crippen LogP contribution in [0.4, 0.5) is 0 Å². The predicted octanol–water partition coefficient (Wildman–Crippen LogP) is 10.9. The number of fused-ring (bicyclic) bond motifs is 1. The zero-order valence-electron chi connectivity index (χ0n) is 27.4. The predicted molar refractivity (Wildman–Crippen MR) is 188 cm³/mol. The quantitative estimate of drug-likeness (QED) is 0.169. The first kappa shape index (κ1) is 32.3. The Hall–Kier alpha value is -1.66. The fourth-order valence-electron chi connectivity index (χ4n) is 6.83. The van der Waals surface area contributed by atoms with Crippen LogP contribution >= 0.6 is 15.8 Å². The van der Waals surface area contributed by atoms with Gasteiger partial charge in [0.15, 0.2) is 11.5 Å². The molecule has 5 heteroatoms. The Balaban J connectivity index is 2.02. The van der Waals surface area contributed by atoms with Gasteiger partial charge in [-0.1, -0.05) is 147 Å². The third-order valence-electron chi connectivity index (χ3n) is 8.41. The number of hydrogen-bond donors (Lipinski definition) is 0. The molecule has 0 amide bonds. The molecule has 3 aromatic carbocycles. The Morgan fingerprint density at radius 3 is 1.05 bits per heavy atom. The molecule has 0 saturated heterocycles. The molecule has 1 heterocycles. The van der Waals surface area contributed by atoms with Gasteiger partial charge in [-0.15, -0.1) is 0 Å². The van der Waals surface area contributed by atoms with Gasteiger partial charge in [-0.3, -0.25) is 0 Å². The van der Waals surface area contributed by atoms with E-state index in [4.69, 9.17) is 8.85 Å². The number of rotatable bonds is 10. The standard InChI is InChI=1S/C36H52O2P2Si/c1-23(2)39(24(3)4)33-19-15-13-17-29(33)31-21-22-32(36-35(31)37-41(38-36,27(9)10)28(11)12)30-18-14-16-20-34(30)40(25(5)6)26(7)8/h13-28H,1-12H3. The van der Waals surface area contributed by atoms with E-state index in [9.17, 15) is 0 Å². The summed E-state index contributed by atoms with van der Waals surface area (Å²) in [5.74, 6) is 1.94. The fourth-order valence-corrected chi connectivity index (χ4v) is 16.3. The first-order valence-electron chi connectivity index (χ1n) is 15.6. The van der Waals surface area contributed by atoms with Gasteiger partial charge >= 0.3 is 8.56 Å². The van der Waals surface area contributed by atoms with Crippen molar-refractivity contribution in [2.75, 3.05) is 0 Å². The highest BCUT2D eigenvalue weighted by Gasteiger charge is 2.55. The van der Waals surface area contributed by atoms with Crippen molar-refractivity contribution in [3.8, 4) is 33.8 Å². The Labute approximate surface area is 254 Å². The van der Waals surface area contributed by atoms with Crippen molar-refractivity contribution in [2.24, 2.45) is 0 Å². The van der Waals surface area contributed by atoms with Gasteiger partial charge in [-0.2, -0.15) is 0 Å². The molecule has 3 aromatic rings. The molecule has 0 unspecified atom stereocenters. The van der Waals surface area contributed by atoms with Crippen LogP contribution in [0.2, 0.25) is 11.1 Å². The molecule has 0 N–H and O–H groups in total. The Bertz CT molecular complexity index is 1230. The van der Waals surface area contributed by atoms with E-state index in [1.165, 1.54) is 32.9 Å². The highest BCUT2D eigenvalue weighted by molar-refractivity contribution is 7.67. The molecule has 41 heavy (non-hydrogen) atoms. The van der Waals surface area contributed by atoms with Gasteiger partial charge in [0.25, 0.3) is 0 Å². The molecule has 1 aliphatic heterocycles. The molecule has 0 aliphatic carbocycles. The minimum Gasteiger partial charge on any atom is -0.508 e. The van der Waals surface area contributed by atoms with E-state index in [1.807, 2.05) is 0 Å². The second kappa shape index (κ2) is 12.9. The summed E-state index contributed by atoms with van der Waals surface area (Å²) in [5, 5.41) is 2.95. The highest BCUT2D eigenvalue weighted by atomic mass is 31.1. The summed E-state index contributed by atoms with van der Waals surface area (Å²) in [6.45, 7) is 28.2. The van der Waals surface area contributed by atoms with Gasteiger partial charge in [-0.25, -0.2) is 0 Å². The van der Waals surface area contributed by atoms with Crippen molar-refractivity contribution >= 4 is 35.0 Å². The van der Waals surface area contributed by atoms with Crippen molar-refractivity contribution in [3.05, 3.63) is 60.7 Å². The molecule has 4 rings (SSSR count). The molecule has 2 nitrogen and oxygen atoms in total. The number of benzene rings is 3. The fraction of sp³-hybridized carbons (Fsp3) is 0.500. The van der Waals surface area contributed by atoms with E-state index in [-0.39, 0.29) is 15.8 Å². The maximum Gasteiger partial charge on any atom is 0.466 e. The zero-order chi connectivity index (χ0) is 30.2. The van der Waals surface area contributed by atoms with Crippen LogP contribution in [0.3, 0.4) is 0 Å². The SMILES string of the molecule is CC(C)P(c1ccccc1-c1ccc(-c2ccccc2P(C(C)C)C(C)C)c2c1O[Si](C(C)C)(C(C)C)O2)C(C)C. The molecule has 1 aliphatic rings. The van der Waals surface area contributed by atoms with E-state index in [0.29, 0.717) is 33.7 Å². The maximum absolute atomic E-state index is 7.25. The Morgan fingerprint density at radius 2 is 0.756 bits per heavy atom. The van der Waals surface area contributed by atoms with Gasteiger partial charge in [0.2, 0.25) is 0 Å². The van der Waals surface area contributed by atoms with Crippen molar-refractivity contribution in [2.45, 2.75) is 117 Å². The minimum atomic E-state index is -2.59. The van der Waals surface area contributed by atoms with Crippen LogP contribution in [-0.2, 0) is 0 Å². The van der Waals surface area contributed by atoms with Gasteiger partial charge in [0.05, 0.1) is 0 Å². The topological polar surface area (TPSA) is 18.5 Å². The van der Waals surface area contributed by atoms with Crippen molar-refractivity contribution in [1.82, 2.24) is 0 Å². The van der Waals surface area contributed by atoms with Crippen LogP contribution in [0, 0.1) is 0 Å². The van der Waals surface area contributed by atoms with Gasteiger partial charge in [0, 0.05) is 22.2 Å². The summed E-state index contributed by atoms with van der Waals surface area (Å²) in [5.41, 5.74) is 8.08. The zero-order valence-corrected chi connectivity index (χ0v) is 30.2. The van der Waals surface area contributed by atoms with Gasteiger partial charge in [-0.05, 0) is 56.5 Å². The van der Waals surface area contributed by atoms with Crippen LogP contribution in [0.1, 0.15) is 83.1 Å². The molecule has 0 fully saturated rings. The average molecular weight is 607 g/mol. The minimum absolute atomic E-state index is 0.327. The van der Waals surface area contributed by atoms with Gasteiger partial charge < -0.3 is 8.85 Å². The summed E-state index contributed by atoms with van der Waals surface area (Å²) >= 11 is 0. The summed E-state index contributed by atoms with van der Waals surface area (Å²) in [4.78, 5) is 0. The van der Waals surface area contributed by atoms with Crippen LogP contribution < -0.4 is 19.5 Å². The third kappa shape index (κ3) is 6.07. The molecule has 0 atom stereocenters. The first-order valence-corrected chi connectivity index (χ1v) is 20.5. The molecule has 0 aromatic heterocycles. The first-order chi connectivity index (χ1) is 19.3. The van der Waals surface area contributed by atoms with E-state index < -0.39 is 8.56 Å². The van der Waals surface area contributed by atoms with Crippen LogP contribution in [0.5, 0.6) is 11.5 Å². The summed E-state index contributed by atoms with van der Waals surface area (Å²) < 4.78 is 14.5. The normalized spacial score (nSPS) is 14.7. The summed E-state index contributed by atoms with van der Waals surface area (Å²) in [7, 11) is -3.26. The molecule has 0 saturated carbocycles. The molecule has 0 radical (unpaired) electrons. The monoisotopic (exact) mass is 606 g/mol.